The number of halogens is 2. The number of aliphatic hydroxyl groups is 1. The summed E-state index contributed by atoms with van der Waals surface area (Å²) in [6, 6.07) is 3.64. The number of carbonyl (C=O) groups excluding carboxylic acids is 1. The fraction of sp³-hybridized carbons (Fsp3) is 0.533. The highest BCUT2D eigenvalue weighted by Crippen LogP contribution is 2.19. The van der Waals surface area contributed by atoms with Crippen LogP contribution < -0.4 is 0 Å². The summed E-state index contributed by atoms with van der Waals surface area (Å²) < 4.78 is 26.7. The van der Waals surface area contributed by atoms with Crippen LogP contribution in [0, 0.1) is 11.6 Å². The van der Waals surface area contributed by atoms with Crippen molar-refractivity contribution in [2.45, 2.75) is 38.1 Å². The fourth-order valence-corrected chi connectivity index (χ4v) is 2.64. The summed E-state index contributed by atoms with van der Waals surface area (Å²) in [5.41, 5.74) is 0.0657. The molecule has 2 rings (SSSR count). The molecule has 0 aromatic heterocycles. The van der Waals surface area contributed by atoms with Crippen molar-refractivity contribution < 1.29 is 18.7 Å². The first-order valence-corrected chi connectivity index (χ1v) is 6.96. The van der Waals surface area contributed by atoms with E-state index < -0.39 is 11.6 Å². The number of aliphatic hydroxyl groups excluding tert-OH is 1. The van der Waals surface area contributed by atoms with Crippen LogP contribution in [0.15, 0.2) is 18.2 Å². The van der Waals surface area contributed by atoms with E-state index in [9.17, 15) is 18.7 Å². The smallest absolute Gasteiger partial charge is 0.227 e. The maximum absolute atomic E-state index is 13.6. The number of benzene rings is 1. The minimum absolute atomic E-state index is 0.0657. The van der Waals surface area contributed by atoms with Crippen molar-refractivity contribution in [3.63, 3.8) is 0 Å². The van der Waals surface area contributed by atoms with Crippen LogP contribution in [0.3, 0.4) is 0 Å². The van der Waals surface area contributed by atoms with Crippen LogP contribution in [0.2, 0.25) is 0 Å². The average Bonchev–Trinajstić information content (AvgIpc) is 2.69. The van der Waals surface area contributed by atoms with Gasteiger partial charge in [0.1, 0.15) is 0 Å². The fourth-order valence-electron chi connectivity index (χ4n) is 2.64. The first kappa shape index (κ1) is 14.9. The molecule has 0 saturated carbocycles. The van der Waals surface area contributed by atoms with Gasteiger partial charge in [-0.15, -0.1) is 0 Å². The van der Waals surface area contributed by atoms with Gasteiger partial charge in [0.2, 0.25) is 5.91 Å². The maximum Gasteiger partial charge on any atom is 0.227 e. The third kappa shape index (κ3) is 3.33. The van der Waals surface area contributed by atoms with Gasteiger partial charge in [-0.05, 0) is 18.9 Å². The first-order chi connectivity index (χ1) is 9.63. The van der Waals surface area contributed by atoms with E-state index in [0.29, 0.717) is 6.54 Å². The molecule has 1 heterocycles. The van der Waals surface area contributed by atoms with Crippen LogP contribution in [0.25, 0.3) is 0 Å². The van der Waals surface area contributed by atoms with Gasteiger partial charge in [-0.1, -0.05) is 25.0 Å². The van der Waals surface area contributed by atoms with E-state index in [1.54, 1.807) is 4.90 Å². The zero-order chi connectivity index (χ0) is 14.5. The highest BCUT2D eigenvalue weighted by atomic mass is 19.2. The van der Waals surface area contributed by atoms with Gasteiger partial charge in [-0.2, -0.15) is 0 Å². The second kappa shape index (κ2) is 6.79. The van der Waals surface area contributed by atoms with Gasteiger partial charge in [-0.25, -0.2) is 8.78 Å². The highest BCUT2D eigenvalue weighted by molar-refractivity contribution is 5.79. The summed E-state index contributed by atoms with van der Waals surface area (Å²) in [6.07, 6.45) is 3.47. The highest BCUT2D eigenvalue weighted by Gasteiger charge is 2.25. The molecule has 1 aromatic carbocycles. The van der Waals surface area contributed by atoms with Gasteiger partial charge in [0.15, 0.2) is 11.6 Å². The number of amides is 1. The van der Waals surface area contributed by atoms with Crippen molar-refractivity contribution in [1.82, 2.24) is 4.90 Å². The van der Waals surface area contributed by atoms with Gasteiger partial charge in [0.05, 0.1) is 19.1 Å². The van der Waals surface area contributed by atoms with Gasteiger partial charge in [-0.3, -0.25) is 4.79 Å². The van der Waals surface area contributed by atoms with E-state index >= 15 is 0 Å². The molecule has 110 valence electrons. The van der Waals surface area contributed by atoms with Crippen LogP contribution in [0.4, 0.5) is 8.78 Å². The van der Waals surface area contributed by atoms with Gasteiger partial charge in [0, 0.05) is 12.1 Å². The summed E-state index contributed by atoms with van der Waals surface area (Å²) in [7, 11) is 0. The predicted octanol–water partition coefficient (Wildman–Crippen LogP) is 2.27. The molecule has 1 fully saturated rings. The number of likely N-dealkylation sites (tertiary alicyclic amines) is 1. The van der Waals surface area contributed by atoms with E-state index in [1.165, 1.54) is 12.1 Å². The van der Waals surface area contributed by atoms with Crippen molar-refractivity contribution in [3.8, 4) is 0 Å². The Morgan fingerprint density at radius 1 is 1.30 bits per heavy atom. The lowest BCUT2D eigenvalue weighted by Crippen LogP contribution is -2.43. The quantitative estimate of drug-likeness (QED) is 0.924. The van der Waals surface area contributed by atoms with Crippen molar-refractivity contribution in [2.24, 2.45) is 0 Å². The van der Waals surface area contributed by atoms with Gasteiger partial charge < -0.3 is 10.0 Å². The molecule has 1 aromatic rings. The van der Waals surface area contributed by atoms with Crippen molar-refractivity contribution in [2.75, 3.05) is 13.2 Å². The Labute approximate surface area is 117 Å². The molecular formula is C15H19F2NO2. The molecule has 1 N–H and O–H groups in total. The lowest BCUT2D eigenvalue weighted by Gasteiger charge is -2.28. The number of nitrogens with zero attached hydrogens (tertiary/aromatic N) is 1. The number of hydrogen-bond acceptors (Lipinski definition) is 2. The Morgan fingerprint density at radius 2 is 2.10 bits per heavy atom. The van der Waals surface area contributed by atoms with E-state index in [2.05, 4.69) is 0 Å². The summed E-state index contributed by atoms with van der Waals surface area (Å²) in [6.45, 7) is 0.484. The van der Waals surface area contributed by atoms with Crippen molar-refractivity contribution in [3.05, 3.63) is 35.4 Å². The Morgan fingerprint density at radius 3 is 2.85 bits per heavy atom. The lowest BCUT2D eigenvalue weighted by molar-refractivity contribution is -0.133. The Balaban J connectivity index is 2.11. The topological polar surface area (TPSA) is 40.5 Å². The molecule has 1 amide bonds. The minimum atomic E-state index is -0.962. The van der Waals surface area contributed by atoms with Crippen LogP contribution in [0.5, 0.6) is 0 Å². The van der Waals surface area contributed by atoms with E-state index in [4.69, 9.17) is 0 Å². The molecule has 1 aliphatic heterocycles. The molecule has 1 atom stereocenters. The molecule has 0 aliphatic carbocycles. The largest absolute Gasteiger partial charge is 0.394 e. The molecule has 1 aliphatic rings. The van der Waals surface area contributed by atoms with Crippen molar-refractivity contribution >= 4 is 5.91 Å². The van der Waals surface area contributed by atoms with Crippen LogP contribution in [-0.2, 0) is 11.2 Å². The van der Waals surface area contributed by atoms with E-state index in [0.717, 1.165) is 31.7 Å². The number of hydrogen-bond donors (Lipinski definition) is 1. The summed E-state index contributed by atoms with van der Waals surface area (Å²) in [5, 5.41) is 9.37. The molecule has 0 radical (unpaired) electrons. The predicted molar refractivity (Wildman–Crippen MR) is 71.1 cm³/mol. The van der Waals surface area contributed by atoms with E-state index in [-0.39, 0.29) is 30.5 Å². The zero-order valence-electron chi connectivity index (χ0n) is 11.3. The Kier molecular flexibility index (Phi) is 5.06. The number of rotatable bonds is 3. The van der Waals surface area contributed by atoms with Gasteiger partial charge in [0.25, 0.3) is 0 Å². The summed E-state index contributed by atoms with van der Waals surface area (Å²) in [5.74, 6) is -2.16. The van der Waals surface area contributed by atoms with Crippen LogP contribution >= 0.6 is 0 Å². The molecular weight excluding hydrogens is 264 g/mol. The maximum atomic E-state index is 13.6. The monoisotopic (exact) mass is 283 g/mol. The lowest BCUT2D eigenvalue weighted by atomic mass is 10.1. The molecule has 5 heteroatoms. The summed E-state index contributed by atoms with van der Waals surface area (Å²) >= 11 is 0. The van der Waals surface area contributed by atoms with Crippen LogP contribution in [0.1, 0.15) is 31.2 Å². The normalized spacial score (nSPS) is 19.8. The van der Waals surface area contributed by atoms with Crippen LogP contribution in [-0.4, -0.2) is 35.1 Å². The zero-order valence-corrected chi connectivity index (χ0v) is 11.3. The minimum Gasteiger partial charge on any atom is -0.394 e. The molecule has 0 spiro atoms. The third-order valence-corrected chi connectivity index (χ3v) is 3.78. The molecule has 0 bridgehead atoms. The standard InChI is InChI=1S/C15H19F2NO2/c16-13-7-4-5-11(15(13)17)9-14(20)18-8-3-1-2-6-12(18)10-19/h4-5,7,12,19H,1-3,6,8-10H2. The second-order valence-corrected chi connectivity index (χ2v) is 5.16. The molecule has 1 saturated heterocycles. The van der Waals surface area contributed by atoms with Gasteiger partial charge >= 0.3 is 0 Å². The molecule has 3 nitrogen and oxygen atoms in total. The van der Waals surface area contributed by atoms with Crippen molar-refractivity contribution in [1.29, 1.82) is 0 Å². The first-order valence-electron chi connectivity index (χ1n) is 6.96. The third-order valence-electron chi connectivity index (χ3n) is 3.78. The molecule has 20 heavy (non-hydrogen) atoms. The Bertz CT molecular complexity index is 479. The van der Waals surface area contributed by atoms with E-state index in [1.807, 2.05) is 0 Å². The number of carbonyl (C=O) groups is 1. The molecule has 1 unspecified atom stereocenters. The Hall–Kier alpha value is -1.49. The second-order valence-electron chi connectivity index (χ2n) is 5.16. The average molecular weight is 283 g/mol. The SMILES string of the molecule is O=C(Cc1cccc(F)c1F)N1CCCCCC1CO. The summed E-state index contributed by atoms with van der Waals surface area (Å²) in [4.78, 5) is 13.9.